The van der Waals surface area contributed by atoms with Crippen LogP contribution in [0.15, 0.2) is 60.7 Å². The van der Waals surface area contributed by atoms with Gasteiger partial charge in [-0.25, -0.2) is 0 Å². The van der Waals surface area contributed by atoms with Gasteiger partial charge in [-0.05, 0) is 48.1 Å². The molecule has 0 bridgehead atoms. The molecule has 0 aliphatic heterocycles. The van der Waals surface area contributed by atoms with E-state index >= 15 is 0 Å². The molecule has 2 fully saturated rings. The fraction of sp³-hybridized carbons (Fsp3) is 0.500. The summed E-state index contributed by atoms with van der Waals surface area (Å²) in [5.74, 6) is 0. The van der Waals surface area contributed by atoms with Crippen LogP contribution in [0.2, 0.25) is 0 Å². The Bertz CT molecular complexity index is 607. The van der Waals surface area contributed by atoms with Crippen LogP contribution in [0.1, 0.15) is 64.2 Å². The summed E-state index contributed by atoms with van der Waals surface area (Å²) in [4.78, 5) is 0. The molecule has 0 N–H and O–H groups in total. The zero-order valence-corrected chi connectivity index (χ0v) is 18.6. The average molecular weight is 439 g/mol. The fourth-order valence-electron chi connectivity index (χ4n) is 4.13. The lowest BCUT2D eigenvalue weighted by molar-refractivity contribution is 0.368. The highest BCUT2D eigenvalue weighted by molar-refractivity contribution is 7.39. The fourth-order valence-corrected chi connectivity index (χ4v) is 6.28. The topological polar surface area (TPSA) is 0 Å². The highest BCUT2D eigenvalue weighted by atomic mass is 31.1. The first-order valence-electron chi connectivity index (χ1n) is 11.2. The van der Waals surface area contributed by atoms with E-state index in [1.165, 1.54) is 58.2 Å². The van der Waals surface area contributed by atoms with Gasteiger partial charge in [-0.2, -0.15) is 0 Å². The molecule has 0 nitrogen and oxygen atoms in total. The second-order valence-corrected chi connectivity index (χ2v) is 10.0. The van der Waals surface area contributed by atoms with Crippen molar-refractivity contribution in [1.82, 2.24) is 0 Å². The number of halogens is 4. The zero-order chi connectivity index (χ0) is 21.7. The van der Waals surface area contributed by atoms with Crippen LogP contribution in [0.4, 0.5) is 17.3 Å². The van der Waals surface area contributed by atoms with Gasteiger partial charge in [0.05, 0.1) is 0 Å². The molecule has 166 valence electrons. The Balaban J connectivity index is 0.000000176. The molecule has 0 unspecified atom stereocenters. The van der Waals surface area contributed by atoms with Crippen molar-refractivity contribution in [3.05, 3.63) is 60.7 Å². The Morgan fingerprint density at radius 1 is 0.533 bits per heavy atom. The molecule has 2 aliphatic rings. The van der Waals surface area contributed by atoms with E-state index < -0.39 is 7.25 Å². The summed E-state index contributed by atoms with van der Waals surface area (Å²) in [7, 11) is -4.67. The van der Waals surface area contributed by atoms with E-state index in [0.717, 1.165) is 11.3 Å². The van der Waals surface area contributed by atoms with Gasteiger partial charge in [0, 0.05) is 0 Å². The van der Waals surface area contributed by atoms with Crippen molar-refractivity contribution < 1.29 is 17.3 Å². The van der Waals surface area contributed by atoms with E-state index in [-0.39, 0.29) is 0 Å². The minimum Gasteiger partial charge on any atom is -0.418 e. The van der Waals surface area contributed by atoms with Crippen molar-refractivity contribution in [3.63, 3.8) is 0 Å². The number of benzene rings is 2. The average Bonchev–Trinajstić information content (AvgIpc) is 2.76. The number of rotatable bonds is 3. The van der Waals surface area contributed by atoms with Crippen LogP contribution in [-0.2, 0) is 0 Å². The van der Waals surface area contributed by atoms with Crippen molar-refractivity contribution >= 4 is 15.8 Å². The van der Waals surface area contributed by atoms with Crippen LogP contribution < -0.4 is 0 Å². The minimum atomic E-state index is -6.00. The first-order valence-corrected chi connectivity index (χ1v) is 12.3. The van der Waals surface area contributed by atoms with Crippen LogP contribution in [0.5, 0.6) is 0 Å². The molecule has 2 aromatic carbocycles. The zero-order valence-electron chi connectivity index (χ0n) is 17.6. The predicted octanol–water partition coefficient (Wildman–Crippen LogP) is 8.98. The lowest BCUT2D eigenvalue weighted by Crippen LogP contribution is -2.14. The maximum atomic E-state index is 9.75. The lowest BCUT2D eigenvalue weighted by atomic mass is 10.00. The molecule has 30 heavy (non-hydrogen) atoms. The lowest BCUT2D eigenvalue weighted by Gasteiger charge is -2.28. The minimum absolute atomic E-state index is 1.15. The van der Waals surface area contributed by atoms with Gasteiger partial charge >= 0.3 is 7.25 Å². The van der Waals surface area contributed by atoms with Gasteiger partial charge in [0.25, 0.3) is 0 Å². The van der Waals surface area contributed by atoms with Gasteiger partial charge in [-0.3, -0.25) is 0 Å². The van der Waals surface area contributed by atoms with Crippen molar-refractivity contribution in [2.45, 2.75) is 75.5 Å². The maximum absolute atomic E-state index is 9.75. The highest BCUT2D eigenvalue weighted by Gasteiger charge is 2.21. The Hall–Kier alpha value is -1.35. The van der Waals surface area contributed by atoms with Crippen LogP contribution in [0.3, 0.4) is 0 Å². The van der Waals surface area contributed by atoms with Gasteiger partial charge in [-0.15, -0.1) is 8.58 Å². The third-order valence-electron chi connectivity index (χ3n) is 5.56. The van der Waals surface area contributed by atoms with Crippen molar-refractivity contribution in [2.75, 3.05) is 0 Å². The number of hydrogen-bond donors (Lipinski definition) is 0. The summed E-state index contributed by atoms with van der Waals surface area (Å²) in [6.07, 6.45) is 15.4. The largest absolute Gasteiger partial charge is 0.673 e. The SMILES string of the molecule is C1CCC(PC2CCCCC2)CC1.F[B-](F)(F)F.c1ccc(-c2ccccc2)cc1. The summed E-state index contributed by atoms with van der Waals surface area (Å²) in [5, 5.41) is 0. The quantitative estimate of drug-likeness (QED) is 0.254. The smallest absolute Gasteiger partial charge is 0.418 e. The van der Waals surface area contributed by atoms with Gasteiger partial charge < -0.3 is 17.3 Å². The molecular formula is C24H33BF4P-. The highest BCUT2D eigenvalue weighted by Crippen LogP contribution is 2.41. The molecule has 6 heteroatoms. The Morgan fingerprint density at radius 3 is 1.13 bits per heavy atom. The summed E-state index contributed by atoms with van der Waals surface area (Å²) in [6, 6.07) is 20.8. The monoisotopic (exact) mass is 439 g/mol. The van der Waals surface area contributed by atoms with Crippen molar-refractivity contribution in [1.29, 1.82) is 0 Å². The molecular weight excluding hydrogens is 406 g/mol. The molecule has 2 aliphatic carbocycles. The number of hydrogen-bond acceptors (Lipinski definition) is 0. The first kappa shape index (κ1) is 24.9. The second kappa shape index (κ2) is 13.9. The third-order valence-corrected chi connectivity index (χ3v) is 7.66. The normalized spacial score (nSPS) is 17.9. The molecule has 2 aromatic rings. The van der Waals surface area contributed by atoms with E-state index in [2.05, 4.69) is 48.5 Å². The van der Waals surface area contributed by atoms with Crippen molar-refractivity contribution in [3.8, 4) is 11.1 Å². The molecule has 0 amide bonds. The second-order valence-electron chi connectivity index (χ2n) is 8.06. The molecule has 0 heterocycles. The van der Waals surface area contributed by atoms with Gasteiger partial charge in [0.1, 0.15) is 0 Å². The summed E-state index contributed by atoms with van der Waals surface area (Å²) in [5.41, 5.74) is 4.85. The Kier molecular flexibility index (Phi) is 11.5. The van der Waals surface area contributed by atoms with Crippen LogP contribution in [0.25, 0.3) is 11.1 Å². The molecule has 0 aromatic heterocycles. The molecule has 0 spiro atoms. The van der Waals surface area contributed by atoms with Crippen LogP contribution in [-0.4, -0.2) is 18.6 Å². The third kappa shape index (κ3) is 11.7. The van der Waals surface area contributed by atoms with E-state index in [0.29, 0.717) is 0 Å². The molecule has 2 saturated carbocycles. The van der Waals surface area contributed by atoms with Gasteiger partial charge in [0.15, 0.2) is 0 Å². The van der Waals surface area contributed by atoms with Crippen LogP contribution >= 0.6 is 8.58 Å². The van der Waals surface area contributed by atoms with E-state index in [1.54, 1.807) is 25.7 Å². The van der Waals surface area contributed by atoms with E-state index in [1.807, 2.05) is 12.1 Å². The van der Waals surface area contributed by atoms with Crippen LogP contribution in [0, 0.1) is 0 Å². The molecule has 0 radical (unpaired) electrons. The van der Waals surface area contributed by atoms with E-state index in [4.69, 9.17) is 0 Å². The van der Waals surface area contributed by atoms with E-state index in [9.17, 15) is 17.3 Å². The Labute approximate surface area is 180 Å². The molecule has 0 saturated heterocycles. The van der Waals surface area contributed by atoms with Gasteiger partial charge in [0.2, 0.25) is 0 Å². The molecule has 4 rings (SSSR count). The predicted molar refractivity (Wildman–Crippen MR) is 124 cm³/mol. The van der Waals surface area contributed by atoms with Gasteiger partial charge in [-0.1, -0.05) is 99.2 Å². The maximum Gasteiger partial charge on any atom is 0.673 e. The standard InChI is InChI=1S/C12H23P.C12H10.BF4/c1-3-7-11(8-4-1)13-12-9-5-2-6-10-12;1-3-7-11(8-4-1)12-9-5-2-6-10-12;2-1(3,4)5/h11-13H,1-10H2;1-10H;/q;;-1. The van der Waals surface area contributed by atoms with Crippen molar-refractivity contribution in [2.24, 2.45) is 0 Å². The Morgan fingerprint density at radius 2 is 0.833 bits per heavy atom. The molecule has 0 atom stereocenters. The summed E-state index contributed by atoms with van der Waals surface area (Å²) in [6.45, 7) is 0. The summed E-state index contributed by atoms with van der Waals surface area (Å²) >= 11 is 0. The summed E-state index contributed by atoms with van der Waals surface area (Å²) < 4.78 is 39.0. The first-order chi connectivity index (χ1) is 14.4.